The first-order valence-electron chi connectivity index (χ1n) is 5.19. The Hall–Kier alpha value is -0.750. The molecule has 0 aliphatic carbocycles. The summed E-state index contributed by atoms with van der Waals surface area (Å²) in [5, 5.41) is 9.42. The van der Waals surface area contributed by atoms with Gasteiger partial charge in [-0.15, -0.1) is 0 Å². The van der Waals surface area contributed by atoms with E-state index in [0.29, 0.717) is 18.3 Å². The highest BCUT2D eigenvalue weighted by Gasteiger charge is 2.19. The van der Waals surface area contributed by atoms with Gasteiger partial charge >= 0.3 is 0 Å². The van der Waals surface area contributed by atoms with Gasteiger partial charge < -0.3 is 9.84 Å². The van der Waals surface area contributed by atoms with E-state index >= 15 is 0 Å². The van der Waals surface area contributed by atoms with E-state index in [4.69, 9.17) is 21.4 Å². The number of aliphatic hydroxyl groups excluding tert-OH is 1. The van der Waals surface area contributed by atoms with Gasteiger partial charge in [-0.1, -0.05) is 11.6 Å². The molecule has 6 heteroatoms. The number of ether oxygens (including phenoxy) is 1. The molecule has 0 amide bonds. The minimum atomic E-state index is -0.0889. The zero-order valence-corrected chi connectivity index (χ0v) is 9.60. The summed E-state index contributed by atoms with van der Waals surface area (Å²) in [6.07, 6.45) is 3.13. The second kappa shape index (κ2) is 5.54. The molecule has 1 aromatic rings. The highest BCUT2D eigenvalue weighted by atomic mass is 35.5. The van der Waals surface area contributed by atoms with Gasteiger partial charge in [0, 0.05) is 19.6 Å². The molecule has 2 heterocycles. The Morgan fingerprint density at radius 1 is 1.50 bits per heavy atom. The van der Waals surface area contributed by atoms with Crippen molar-refractivity contribution in [2.75, 3.05) is 26.3 Å². The summed E-state index contributed by atoms with van der Waals surface area (Å²) < 4.78 is 5.37. The smallest absolute Gasteiger partial charge is 0.147 e. The fourth-order valence-corrected chi connectivity index (χ4v) is 1.78. The van der Waals surface area contributed by atoms with Gasteiger partial charge in [-0.2, -0.15) is 0 Å². The molecule has 88 valence electrons. The molecule has 1 aliphatic rings. The Labute approximate surface area is 99.0 Å². The monoisotopic (exact) mass is 243 g/mol. The van der Waals surface area contributed by atoms with Crippen LogP contribution in [-0.2, 0) is 11.3 Å². The quantitative estimate of drug-likeness (QED) is 0.829. The van der Waals surface area contributed by atoms with Crippen LogP contribution in [0.15, 0.2) is 12.4 Å². The molecule has 1 aliphatic heterocycles. The van der Waals surface area contributed by atoms with Crippen molar-refractivity contribution in [3.05, 3.63) is 23.2 Å². The molecule has 0 saturated carbocycles. The maximum atomic E-state index is 9.01. The number of rotatable bonds is 3. The van der Waals surface area contributed by atoms with Gasteiger partial charge in [0.05, 0.1) is 37.4 Å². The van der Waals surface area contributed by atoms with Crippen LogP contribution >= 0.6 is 11.6 Å². The summed E-state index contributed by atoms with van der Waals surface area (Å²) in [7, 11) is 0. The fraction of sp³-hybridized carbons (Fsp3) is 0.600. The van der Waals surface area contributed by atoms with E-state index in [1.165, 1.54) is 0 Å². The number of hydrogen-bond acceptors (Lipinski definition) is 5. The Balaban J connectivity index is 1.91. The number of aliphatic hydroxyl groups is 1. The van der Waals surface area contributed by atoms with Gasteiger partial charge in [-0.05, 0) is 0 Å². The molecule has 0 radical (unpaired) electrons. The van der Waals surface area contributed by atoms with Crippen LogP contribution in [0.1, 0.15) is 5.69 Å². The second-order valence-corrected chi connectivity index (χ2v) is 4.13. The van der Waals surface area contributed by atoms with Crippen LogP contribution in [0.2, 0.25) is 5.15 Å². The van der Waals surface area contributed by atoms with Gasteiger partial charge in [0.15, 0.2) is 0 Å². The SMILES string of the molecule is OCC1CN(Cc2cnc(Cl)cn2)CCO1. The Kier molecular flexibility index (Phi) is 4.06. The molecular formula is C10H14ClN3O2. The van der Waals surface area contributed by atoms with Crippen molar-refractivity contribution in [2.24, 2.45) is 0 Å². The molecule has 1 aromatic heterocycles. The maximum Gasteiger partial charge on any atom is 0.147 e. The van der Waals surface area contributed by atoms with Crippen molar-refractivity contribution < 1.29 is 9.84 Å². The molecule has 5 nitrogen and oxygen atoms in total. The number of morpholine rings is 1. The molecule has 1 saturated heterocycles. The maximum absolute atomic E-state index is 9.01. The van der Waals surface area contributed by atoms with Gasteiger partial charge in [0.25, 0.3) is 0 Å². The highest BCUT2D eigenvalue weighted by Crippen LogP contribution is 2.09. The van der Waals surface area contributed by atoms with Crippen molar-refractivity contribution in [3.8, 4) is 0 Å². The predicted molar refractivity (Wildman–Crippen MR) is 59.1 cm³/mol. The molecule has 1 unspecified atom stereocenters. The summed E-state index contributed by atoms with van der Waals surface area (Å²) in [5.74, 6) is 0. The van der Waals surface area contributed by atoms with Gasteiger partial charge in [-0.3, -0.25) is 9.88 Å². The normalized spacial score (nSPS) is 22.2. The van der Waals surface area contributed by atoms with Crippen molar-refractivity contribution in [1.29, 1.82) is 0 Å². The molecule has 0 aromatic carbocycles. The minimum Gasteiger partial charge on any atom is -0.394 e. The molecule has 1 atom stereocenters. The van der Waals surface area contributed by atoms with Crippen molar-refractivity contribution in [2.45, 2.75) is 12.6 Å². The molecule has 1 N–H and O–H groups in total. The van der Waals surface area contributed by atoms with E-state index in [-0.39, 0.29) is 12.7 Å². The average molecular weight is 244 g/mol. The molecular weight excluding hydrogens is 230 g/mol. The standard InChI is InChI=1S/C10H14ClN3O2/c11-10-4-12-8(3-13-10)5-14-1-2-16-9(6-14)7-15/h3-4,9,15H,1-2,5-7H2. The topological polar surface area (TPSA) is 58.5 Å². The van der Waals surface area contributed by atoms with Crippen molar-refractivity contribution >= 4 is 11.6 Å². The number of nitrogens with zero attached hydrogens (tertiary/aromatic N) is 3. The summed E-state index contributed by atoms with van der Waals surface area (Å²) >= 11 is 5.66. The summed E-state index contributed by atoms with van der Waals surface area (Å²) in [4.78, 5) is 10.3. The molecule has 16 heavy (non-hydrogen) atoms. The predicted octanol–water partition coefficient (Wildman–Crippen LogP) is 0.323. The zero-order valence-electron chi connectivity index (χ0n) is 8.84. The van der Waals surface area contributed by atoms with E-state index in [1.807, 2.05) is 0 Å². The van der Waals surface area contributed by atoms with Crippen LogP contribution in [0.4, 0.5) is 0 Å². The van der Waals surface area contributed by atoms with Crippen LogP contribution in [0.25, 0.3) is 0 Å². The van der Waals surface area contributed by atoms with Crippen LogP contribution in [0, 0.1) is 0 Å². The van der Waals surface area contributed by atoms with E-state index in [1.54, 1.807) is 12.4 Å². The van der Waals surface area contributed by atoms with Gasteiger partial charge in [0.2, 0.25) is 0 Å². The first-order chi connectivity index (χ1) is 7.78. The average Bonchev–Trinajstić information content (AvgIpc) is 2.32. The number of halogens is 1. The second-order valence-electron chi connectivity index (χ2n) is 3.74. The lowest BCUT2D eigenvalue weighted by Gasteiger charge is -2.31. The molecule has 0 spiro atoms. The first kappa shape index (κ1) is 11.7. The largest absolute Gasteiger partial charge is 0.394 e. The number of hydrogen-bond donors (Lipinski definition) is 1. The van der Waals surface area contributed by atoms with E-state index in [2.05, 4.69) is 14.9 Å². The van der Waals surface area contributed by atoms with E-state index in [9.17, 15) is 0 Å². The van der Waals surface area contributed by atoms with Crippen LogP contribution < -0.4 is 0 Å². The van der Waals surface area contributed by atoms with Crippen LogP contribution in [0.3, 0.4) is 0 Å². The zero-order chi connectivity index (χ0) is 11.4. The number of aromatic nitrogens is 2. The third kappa shape index (κ3) is 3.12. The fourth-order valence-electron chi connectivity index (χ4n) is 1.68. The first-order valence-corrected chi connectivity index (χ1v) is 5.57. The lowest BCUT2D eigenvalue weighted by Crippen LogP contribution is -2.43. The molecule has 2 rings (SSSR count). The Bertz CT molecular complexity index is 333. The molecule has 0 bridgehead atoms. The van der Waals surface area contributed by atoms with Gasteiger partial charge in [0.1, 0.15) is 5.15 Å². The van der Waals surface area contributed by atoms with Crippen molar-refractivity contribution in [1.82, 2.24) is 14.9 Å². The Morgan fingerprint density at radius 2 is 2.38 bits per heavy atom. The third-order valence-electron chi connectivity index (χ3n) is 2.49. The lowest BCUT2D eigenvalue weighted by molar-refractivity contribution is -0.0554. The minimum absolute atomic E-state index is 0.0583. The summed E-state index contributed by atoms with van der Waals surface area (Å²) in [6, 6.07) is 0. The van der Waals surface area contributed by atoms with E-state index in [0.717, 1.165) is 18.8 Å². The molecule has 1 fully saturated rings. The summed E-state index contributed by atoms with van der Waals surface area (Å²) in [5.41, 5.74) is 0.878. The highest BCUT2D eigenvalue weighted by molar-refractivity contribution is 6.29. The van der Waals surface area contributed by atoms with E-state index < -0.39 is 0 Å². The third-order valence-corrected chi connectivity index (χ3v) is 2.68. The Morgan fingerprint density at radius 3 is 3.06 bits per heavy atom. The lowest BCUT2D eigenvalue weighted by atomic mass is 10.2. The van der Waals surface area contributed by atoms with Crippen LogP contribution in [0.5, 0.6) is 0 Å². The van der Waals surface area contributed by atoms with Crippen LogP contribution in [-0.4, -0.2) is 52.4 Å². The summed E-state index contributed by atoms with van der Waals surface area (Å²) in [6.45, 7) is 2.99. The van der Waals surface area contributed by atoms with Gasteiger partial charge in [-0.25, -0.2) is 4.98 Å². The van der Waals surface area contributed by atoms with Crippen molar-refractivity contribution in [3.63, 3.8) is 0 Å².